The summed E-state index contributed by atoms with van der Waals surface area (Å²) in [6.07, 6.45) is 7.42. The van der Waals surface area contributed by atoms with Crippen LogP contribution in [0, 0.1) is 5.92 Å². The van der Waals surface area contributed by atoms with Crippen LogP contribution in [0.3, 0.4) is 0 Å². The second kappa shape index (κ2) is 7.92. The minimum atomic E-state index is -0.278. The standard InChI is InChI=1S/C20H23N3O2/c1-14-8-10-16(11-9-14)22-20(25)17-6-2-3-7-18(17)23-19(24)15-5-4-12-21-13-15/h2-7,12-14,16H,8-11H2,1H3,(H,22,25)(H,23,24). The molecule has 130 valence electrons. The summed E-state index contributed by atoms with van der Waals surface area (Å²) in [7, 11) is 0. The third-order valence-electron chi connectivity index (χ3n) is 4.69. The number of carbonyl (C=O) groups excluding carboxylic acids is 2. The van der Waals surface area contributed by atoms with Crippen LogP contribution in [0.1, 0.15) is 53.3 Å². The van der Waals surface area contributed by atoms with Gasteiger partial charge >= 0.3 is 0 Å². The smallest absolute Gasteiger partial charge is 0.257 e. The van der Waals surface area contributed by atoms with E-state index in [0.717, 1.165) is 31.6 Å². The van der Waals surface area contributed by atoms with Crippen LogP contribution in [0.25, 0.3) is 0 Å². The van der Waals surface area contributed by atoms with Crippen molar-refractivity contribution < 1.29 is 9.59 Å². The second-order valence-corrected chi connectivity index (χ2v) is 6.67. The summed E-state index contributed by atoms with van der Waals surface area (Å²) >= 11 is 0. The fourth-order valence-electron chi connectivity index (χ4n) is 3.15. The third kappa shape index (κ3) is 4.44. The van der Waals surface area contributed by atoms with Crippen LogP contribution < -0.4 is 10.6 Å². The first-order chi connectivity index (χ1) is 12.1. The molecule has 25 heavy (non-hydrogen) atoms. The summed E-state index contributed by atoms with van der Waals surface area (Å²) in [6, 6.07) is 10.7. The monoisotopic (exact) mass is 337 g/mol. The molecule has 0 saturated heterocycles. The van der Waals surface area contributed by atoms with Crippen molar-refractivity contribution in [1.82, 2.24) is 10.3 Å². The summed E-state index contributed by atoms with van der Waals surface area (Å²) in [4.78, 5) is 28.9. The zero-order chi connectivity index (χ0) is 17.6. The Morgan fingerprint density at radius 2 is 1.76 bits per heavy atom. The number of benzene rings is 1. The summed E-state index contributed by atoms with van der Waals surface area (Å²) in [5.74, 6) is 0.320. The minimum Gasteiger partial charge on any atom is -0.349 e. The molecule has 0 atom stereocenters. The minimum absolute atomic E-state index is 0.137. The van der Waals surface area contributed by atoms with Crippen LogP contribution >= 0.6 is 0 Å². The molecule has 2 N–H and O–H groups in total. The molecule has 1 aliphatic rings. The van der Waals surface area contributed by atoms with E-state index in [1.54, 1.807) is 42.6 Å². The molecule has 1 aliphatic carbocycles. The van der Waals surface area contributed by atoms with E-state index in [4.69, 9.17) is 0 Å². The Balaban J connectivity index is 1.70. The van der Waals surface area contributed by atoms with Crippen molar-refractivity contribution >= 4 is 17.5 Å². The molecule has 0 spiro atoms. The van der Waals surface area contributed by atoms with Crippen LogP contribution in [0.4, 0.5) is 5.69 Å². The Kier molecular flexibility index (Phi) is 5.43. The molecule has 1 fully saturated rings. The normalized spacial score (nSPS) is 19.9. The van der Waals surface area contributed by atoms with E-state index in [-0.39, 0.29) is 17.9 Å². The molecule has 3 rings (SSSR count). The predicted molar refractivity (Wildman–Crippen MR) is 97.5 cm³/mol. The van der Waals surface area contributed by atoms with E-state index in [2.05, 4.69) is 22.5 Å². The Morgan fingerprint density at radius 1 is 1.00 bits per heavy atom. The number of nitrogens with one attached hydrogen (secondary N) is 2. The largest absolute Gasteiger partial charge is 0.349 e. The van der Waals surface area contributed by atoms with E-state index < -0.39 is 0 Å². The highest BCUT2D eigenvalue weighted by atomic mass is 16.2. The zero-order valence-corrected chi connectivity index (χ0v) is 14.4. The predicted octanol–water partition coefficient (Wildman–Crippen LogP) is 3.64. The number of para-hydroxylation sites is 1. The molecule has 2 aromatic rings. The quantitative estimate of drug-likeness (QED) is 0.895. The third-order valence-corrected chi connectivity index (χ3v) is 4.69. The van der Waals surface area contributed by atoms with Crippen molar-refractivity contribution in [2.45, 2.75) is 38.6 Å². The maximum Gasteiger partial charge on any atom is 0.257 e. The van der Waals surface area contributed by atoms with Crippen LogP contribution in [0.15, 0.2) is 48.8 Å². The average molecular weight is 337 g/mol. The number of nitrogens with zero attached hydrogens (tertiary/aromatic N) is 1. The lowest BCUT2D eigenvalue weighted by Gasteiger charge is -2.27. The van der Waals surface area contributed by atoms with Gasteiger partial charge in [-0.05, 0) is 55.9 Å². The zero-order valence-electron chi connectivity index (χ0n) is 14.4. The van der Waals surface area contributed by atoms with Crippen molar-refractivity contribution in [3.63, 3.8) is 0 Å². The van der Waals surface area contributed by atoms with Crippen molar-refractivity contribution in [3.05, 3.63) is 59.9 Å². The van der Waals surface area contributed by atoms with Gasteiger partial charge in [-0.25, -0.2) is 0 Å². The topological polar surface area (TPSA) is 71.1 Å². The average Bonchev–Trinajstić information content (AvgIpc) is 2.64. The molecule has 1 aromatic carbocycles. The number of rotatable bonds is 4. The number of hydrogen-bond donors (Lipinski definition) is 2. The Bertz CT molecular complexity index is 738. The number of hydrogen-bond acceptors (Lipinski definition) is 3. The van der Waals surface area contributed by atoms with E-state index in [1.165, 1.54) is 6.20 Å². The highest BCUT2D eigenvalue weighted by molar-refractivity contribution is 6.08. The first kappa shape index (κ1) is 17.1. The van der Waals surface area contributed by atoms with Gasteiger partial charge in [0.15, 0.2) is 0 Å². The van der Waals surface area contributed by atoms with Gasteiger partial charge in [0.25, 0.3) is 11.8 Å². The van der Waals surface area contributed by atoms with Crippen molar-refractivity contribution in [2.75, 3.05) is 5.32 Å². The summed E-state index contributed by atoms with van der Waals surface area (Å²) in [5.41, 5.74) is 1.45. The molecule has 0 bridgehead atoms. The lowest BCUT2D eigenvalue weighted by Crippen LogP contribution is -2.37. The van der Waals surface area contributed by atoms with Crippen LogP contribution in [-0.4, -0.2) is 22.8 Å². The summed E-state index contributed by atoms with van der Waals surface area (Å²) in [6.45, 7) is 2.25. The highest BCUT2D eigenvalue weighted by Crippen LogP contribution is 2.24. The van der Waals surface area contributed by atoms with E-state index in [9.17, 15) is 9.59 Å². The molecule has 1 aromatic heterocycles. The maximum absolute atomic E-state index is 12.7. The first-order valence-electron chi connectivity index (χ1n) is 8.75. The lowest BCUT2D eigenvalue weighted by atomic mass is 9.87. The fraction of sp³-hybridized carbons (Fsp3) is 0.350. The Hall–Kier alpha value is -2.69. The molecule has 0 aliphatic heterocycles. The molecule has 0 unspecified atom stereocenters. The number of aromatic nitrogens is 1. The number of pyridine rings is 1. The van der Waals surface area contributed by atoms with Crippen molar-refractivity contribution in [1.29, 1.82) is 0 Å². The van der Waals surface area contributed by atoms with E-state index in [0.29, 0.717) is 16.8 Å². The van der Waals surface area contributed by atoms with E-state index in [1.807, 2.05) is 0 Å². The summed E-state index contributed by atoms with van der Waals surface area (Å²) in [5, 5.41) is 5.92. The first-order valence-corrected chi connectivity index (χ1v) is 8.75. The van der Waals surface area contributed by atoms with Crippen LogP contribution in [-0.2, 0) is 0 Å². The van der Waals surface area contributed by atoms with Crippen LogP contribution in [0.5, 0.6) is 0 Å². The van der Waals surface area contributed by atoms with Gasteiger partial charge in [-0.3, -0.25) is 14.6 Å². The van der Waals surface area contributed by atoms with Gasteiger partial charge in [0, 0.05) is 18.4 Å². The maximum atomic E-state index is 12.7. The number of carbonyl (C=O) groups is 2. The van der Waals surface area contributed by atoms with Gasteiger partial charge in [0.2, 0.25) is 0 Å². The molecule has 1 saturated carbocycles. The van der Waals surface area contributed by atoms with Gasteiger partial charge in [-0.15, -0.1) is 0 Å². The molecule has 5 heteroatoms. The Labute approximate surface area is 147 Å². The van der Waals surface area contributed by atoms with E-state index >= 15 is 0 Å². The van der Waals surface area contributed by atoms with Gasteiger partial charge < -0.3 is 10.6 Å². The molecule has 1 heterocycles. The molecule has 2 amide bonds. The molecular formula is C20H23N3O2. The SMILES string of the molecule is CC1CCC(NC(=O)c2ccccc2NC(=O)c2cccnc2)CC1. The summed E-state index contributed by atoms with van der Waals surface area (Å²) < 4.78 is 0. The number of anilines is 1. The van der Waals surface area contributed by atoms with Gasteiger partial charge in [0.1, 0.15) is 0 Å². The second-order valence-electron chi connectivity index (χ2n) is 6.67. The lowest BCUT2D eigenvalue weighted by molar-refractivity contribution is 0.0924. The molecular weight excluding hydrogens is 314 g/mol. The van der Waals surface area contributed by atoms with Gasteiger partial charge in [-0.2, -0.15) is 0 Å². The van der Waals surface area contributed by atoms with Crippen LogP contribution in [0.2, 0.25) is 0 Å². The van der Waals surface area contributed by atoms with Crippen molar-refractivity contribution in [2.24, 2.45) is 5.92 Å². The van der Waals surface area contributed by atoms with Crippen molar-refractivity contribution in [3.8, 4) is 0 Å². The Morgan fingerprint density at radius 3 is 2.48 bits per heavy atom. The molecule has 5 nitrogen and oxygen atoms in total. The van der Waals surface area contributed by atoms with Gasteiger partial charge in [0.05, 0.1) is 16.8 Å². The number of amides is 2. The van der Waals surface area contributed by atoms with Gasteiger partial charge in [-0.1, -0.05) is 19.1 Å². The fourth-order valence-corrected chi connectivity index (χ4v) is 3.15. The highest BCUT2D eigenvalue weighted by Gasteiger charge is 2.21. The molecule has 0 radical (unpaired) electrons.